The highest BCUT2D eigenvalue weighted by Gasteiger charge is 2.33. The maximum absolute atomic E-state index is 12.7. The molecule has 148 valence electrons. The van der Waals surface area contributed by atoms with Crippen LogP contribution in [0.1, 0.15) is 56.8 Å². The topological polar surface area (TPSA) is 84.5 Å². The highest BCUT2D eigenvalue weighted by molar-refractivity contribution is 9.10. The first kappa shape index (κ1) is 21.4. The van der Waals surface area contributed by atoms with Crippen LogP contribution in [0.15, 0.2) is 28.7 Å². The predicted molar refractivity (Wildman–Crippen MR) is 107 cm³/mol. The molecule has 0 heterocycles. The fourth-order valence-electron chi connectivity index (χ4n) is 3.14. The molecule has 0 radical (unpaired) electrons. The molecule has 0 bridgehead atoms. The standard InChI is InChI=1S/C20H27BrN2O4/c1-20(2,3)27-19(26)23-17(14-6-4-5-7-14)18(25)22-12-16(24)13-8-10-15(21)11-9-13/h8-11,14,17H,4-7,12H2,1-3H3,(H,22,25)(H,23,26)/t17-/m0/s1. The van der Waals surface area contributed by atoms with Gasteiger partial charge in [0.05, 0.1) is 6.54 Å². The van der Waals surface area contributed by atoms with E-state index in [0.717, 1.165) is 30.2 Å². The van der Waals surface area contributed by atoms with Crippen LogP contribution in [-0.2, 0) is 9.53 Å². The van der Waals surface area contributed by atoms with Crippen LogP contribution >= 0.6 is 15.9 Å². The van der Waals surface area contributed by atoms with Crippen LogP contribution < -0.4 is 10.6 Å². The number of carbonyl (C=O) groups excluding carboxylic acids is 3. The minimum absolute atomic E-state index is 0.0558. The van der Waals surface area contributed by atoms with Crippen LogP contribution in [0.3, 0.4) is 0 Å². The van der Waals surface area contributed by atoms with E-state index in [1.54, 1.807) is 45.0 Å². The Labute approximate surface area is 168 Å². The summed E-state index contributed by atoms with van der Waals surface area (Å²) in [6, 6.07) is 6.26. The monoisotopic (exact) mass is 438 g/mol. The molecule has 6 nitrogen and oxygen atoms in total. The smallest absolute Gasteiger partial charge is 0.408 e. The number of ether oxygens (including phenoxy) is 1. The number of benzene rings is 1. The van der Waals surface area contributed by atoms with Crippen LogP contribution in [-0.4, -0.2) is 36.0 Å². The second-order valence-electron chi connectivity index (χ2n) is 7.82. The molecule has 1 atom stereocenters. The van der Waals surface area contributed by atoms with Gasteiger partial charge < -0.3 is 15.4 Å². The van der Waals surface area contributed by atoms with Crippen molar-refractivity contribution in [2.75, 3.05) is 6.54 Å². The first-order valence-electron chi connectivity index (χ1n) is 9.22. The van der Waals surface area contributed by atoms with E-state index >= 15 is 0 Å². The zero-order valence-corrected chi connectivity index (χ0v) is 17.6. The Kier molecular flexibility index (Phi) is 7.41. The largest absolute Gasteiger partial charge is 0.444 e. The first-order valence-corrected chi connectivity index (χ1v) is 10.0. The molecule has 0 spiro atoms. The van der Waals surface area contributed by atoms with Crippen molar-refractivity contribution in [1.29, 1.82) is 0 Å². The Morgan fingerprint density at radius 2 is 1.74 bits per heavy atom. The van der Waals surface area contributed by atoms with Crippen LogP contribution in [0.4, 0.5) is 4.79 Å². The molecule has 0 saturated heterocycles. The van der Waals surface area contributed by atoms with E-state index in [1.165, 1.54) is 0 Å². The van der Waals surface area contributed by atoms with Gasteiger partial charge in [0.15, 0.2) is 5.78 Å². The summed E-state index contributed by atoms with van der Waals surface area (Å²) in [7, 11) is 0. The maximum atomic E-state index is 12.7. The van der Waals surface area contributed by atoms with E-state index in [9.17, 15) is 14.4 Å². The number of rotatable bonds is 6. The molecular formula is C20H27BrN2O4. The summed E-state index contributed by atoms with van der Waals surface area (Å²) in [5, 5.41) is 5.37. The van der Waals surface area contributed by atoms with Gasteiger partial charge in [0.25, 0.3) is 0 Å². The second-order valence-corrected chi connectivity index (χ2v) is 8.73. The number of amides is 2. The number of ketones is 1. The van der Waals surface area contributed by atoms with Crippen LogP contribution in [0.5, 0.6) is 0 Å². The Bertz CT molecular complexity index is 676. The predicted octanol–water partition coefficient (Wildman–Crippen LogP) is 3.83. The van der Waals surface area contributed by atoms with E-state index in [2.05, 4.69) is 26.6 Å². The zero-order chi connectivity index (χ0) is 20.0. The van der Waals surface area contributed by atoms with Crippen molar-refractivity contribution >= 4 is 33.7 Å². The number of halogens is 1. The Morgan fingerprint density at radius 1 is 1.15 bits per heavy atom. The van der Waals surface area contributed by atoms with Gasteiger partial charge in [-0.1, -0.05) is 40.9 Å². The van der Waals surface area contributed by atoms with E-state index in [-0.39, 0.29) is 24.2 Å². The van der Waals surface area contributed by atoms with Crippen LogP contribution in [0.2, 0.25) is 0 Å². The minimum Gasteiger partial charge on any atom is -0.444 e. The lowest BCUT2D eigenvalue weighted by atomic mass is 9.97. The quantitative estimate of drug-likeness (QED) is 0.660. The Morgan fingerprint density at radius 3 is 2.30 bits per heavy atom. The Hall–Kier alpha value is -1.89. The van der Waals surface area contributed by atoms with Crippen LogP contribution in [0, 0.1) is 5.92 Å². The zero-order valence-electron chi connectivity index (χ0n) is 16.0. The molecule has 1 aliphatic carbocycles. The van der Waals surface area contributed by atoms with E-state index in [4.69, 9.17) is 4.74 Å². The summed E-state index contributed by atoms with van der Waals surface area (Å²) < 4.78 is 6.16. The molecule has 1 aromatic rings. The molecule has 2 N–H and O–H groups in total. The molecule has 2 rings (SSSR count). The summed E-state index contributed by atoms with van der Waals surface area (Å²) in [5.74, 6) is -0.475. The van der Waals surface area contributed by atoms with Crippen molar-refractivity contribution in [1.82, 2.24) is 10.6 Å². The van der Waals surface area contributed by atoms with Gasteiger partial charge in [-0.05, 0) is 51.7 Å². The van der Waals surface area contributed by atoms with Crippen molar-refractivity contribution in [2.45, 2.75) is 58.1 Å². The molecule has 27 heavy (non-hydrogen) atoms. The first-order chi connectivity index (χ1) is 12.7. The van der Waals surface area contributed by atoms with Gasteiger partial charge in [0.2, 0.25) is 5.91 Å². The number of hydrogen-bond acceptors (Lipinski definition) is 4. The van der Waals surface area contributed by atoms with Gasteiger partial charge in [0, 0.05) is 10.0 Å². The normalized spacial score (nSPS) is 15.9. The van der Waals surface area contributed by atoms with Crippen molar-refractivity contribution in [2.24, 2.45) is 5.92 Å². The van der Waals surface area contributed by atoms with Crippen molar-refractivity contribution in [3.63, 3.8) is 0 Å². The van der Waals surface area contributed by atoms with Gasteiger partial charge in [-0.2, -0.15) is 0 Å². The number of nitrogens with one attached hydrogen (secondary N) is 2. The molecular weight excluding hydrogens is 412 g/mol. The van der Waals surface area contributed by atoms with E-state index in [0.29, 0.717) is 5.56 Å². The van der Waals surface area contributed by atoms with Gasteiger partial charge in [-0.25, -0.2) is 4.79 Å². The lowest BCUT2D eigenvalue weighted by molar-refractivity contribution is -0.124. The van der Waals surface area contributed by atoms with E-state index < -0.39 is 17.7 Å². The summed E-state index contributed by atoms with van der Waals surface area (Å²) in [5.41, 5.74) is -0.116. The summed E-state index contributed by atoms with van der Waals surface area (Å²) >= 11 is 3.32. The lowest BCUT2D eigenvalue weighted by Crippen LogP contribution is -2.52. The highest BCUT2D eigenvalue weighted by Crippen LogP contribution is 2.28. The van der Waals surface area contributed by atoms with Crippen molar-refractivity contribution in [3.05, 3.63) is 34.3 Å². The number of hydrogen-bond donors (Lipinski definition) is 2. The molecule has 1 aliphatic rings. The molecule has 1 saturated carbocycles. The SMILES string of the molecule is CC(C)(C)OC(=O)N[C@H](C(=O)NCC(=O)c1ccc(Br)cc1)C1CCCC1. The third kappa shape index (κ3) is 6.97. The molecule has 1 fully saturated rings. The summed E-state index contributed by atoms with van der Waals surface area (Å²) in [4.78, 5) is 37.1. The molecule has 1 aromatic carbocycles. The number of alkyl carbamates (subject to hydrolysis) is 1. The van der Waals surface area contributed by atoms with Gasteiger partial charge in [-0.15, -0.1) is 0 Å². The second kappa shape index (κ2) is 9.35. The minimum atomic E-state index is -0.694. The number of carbonyl (C=O) groups is 3. The fourth-order valence-corrected chi connectivity index (χ4v) is 3.40. The van der Waals surface area contributed by atoms with E-state index in [1.807, 2.05) is 0 Å². The molecule has 2 amide bonds. The Balaban J connectivity index is 1.97. The van der Waals surface area contributed by atoms with Gasteiger partial charge in [0.1, 0.15) is 11.6 Å². The molecule has 0 aromatic heterocycles. The third-order valence-corrected chi connectivity index (χ3v) is 4.94. The fraction of sp³-hybridized carbons (Fsp3) is 0.550. The molecule has 0 aliphatic heterocycles. The summed E-state index contributed by atoms with van der Waals surface area (Å²) in [6.07, 6.45) is 3.18. The number of Topliss-reactive ketones (excluding diaryl/α,β-unsaturated/α-hetero) is 1. The molecule has 0 unspecified atom stereocenters. The van der Waals surface area contributed by atoms with Crippen LogP contribution in [0.25, 0.3) is 0 Å². The van der Waals surface area contributed by atoms with Crippen molar-refractivity contribution < 1.29 is 19.1 Å². The maximum Gasteiger partial charge on any atom is 0.408 e. The molecule has 7 heteroatoms. The van der Waals surface area contributed by atoms with Crippen molar-refractivity contribution in [3.8, 4) is 0 Å². The van der Waals surface area contributed by atoms with Gasteiger partial charge in [-0.3, -0.25) is 9.59 Å². The average Bonchev–Trinajstić information content (AvgIpc) is 3.10. The average molecular weight is 439 g/mol. The highest BCUT2D eigenvalue weighted by atomic mass is 79.9. The lowest BCUT2D eigenvalue weighted by Gasteiger charge is -2.26. The third-order valence-electron chi connectivity index (χ3n) is 4.42. The summed E-state index contributed by atoms with van der Waals surface area (Å²) in [6.45, 7) is 5.20. The van der Waals surface area contributed by atoms with Gasteiger partial charge >= 0.3 is 6.09 Å².